The molecule has 1 saturated heterocycles. The Morgan fingerprint density at radius 3 is 2.16 bits per heavy atom. The number of anilines is 2. The van der Waals surface area contributed by atoms with Crippen molar-refractivity contribution in [2.45, 2.75) is 13.8 Å². The van der Waals surface area contributed by atoms with Gasteiger partial charge in [-0.2, -0.15) is 5.10 Å². The van der Waals surface area contributed by atoms with E-state index in [1.807, 2.05) is 19.1 Å². The molecule has 1 aliphatic rings. The Bertz CT molecular complexity index is 1410. The van der Waals surface area contributed by atoms with Crippen LogP contribution < -0.4 is 21.0 Å². The number of carbonyl (C=O) groups is 5. The van der Waals surface area contributed by atoms with Crippen LogP contribution >= 0.6 is 0 Å². The van der Waals surface area contributed by atoms with Gasteiger partial charge >= 0.3 is 6.03 Å². The first-order valence-corrected chi connectivity index (χ1v) is 11.3. The van der Waals surface area contributed by atoms with Crippen LogP contribution in [0.4, 0.5) is 16.2 Å². The smallest absolute Gasteiger partial charge is 0.322 e. The van der Waals surface area contributed by atoms with Crippen LogP contribution in [0, 0.1) is 19.8 Å². The molecule has 0 saturated carbocycles. The predicted molar refractivity (Wildman–Crippen MR) is 137 cm³/mol. The molecule has 1 aliphatic heterocycles. The number of imide groups is 2. The molecule has 10 heteroatoms. The molecular formula is C27H23N5O5. The standard InChI is InChI=1S/C27H23N5O5/c1-16-7-9-18(10-8-16)23(33)29-20-13-11-19(12-14-20)24(34)31-28-15-21-25(35)30-27(37)32(26(21)36)22-6-4-3-5-17(22)2/h3-15,21H,1-2H3,(H,29,33)(H,31,34)(H,30,35,37)/b28-15-/t21-/m1/s1. The van der Waals surface area contributed by atoms with Crippen molar-refractivity contribution in [2.75, 3.05) is 10.2 Å². The lowest BCUT2D eigenvalue weighted by molar-refractivity contribution is -0.131. The molecule has 0 aromatic heterocycles. The molecule has 0 unspecified atom stereocenters. The number of hydrazone groups is 1. The summed E-state index contributed by atoms with van der Waals surface area (Å²) in [5.41, 5.74) is 5.56. The number of barbiturate groups is 1. The summed E-state index contributed by atoms with van der Waals surface area (Å²) in [6, 6.07) is 19.1. The predicted octanol–water partition coefficient (Wildman–Crippen LogP) is 3.17. The maximum atomic E-state index is 12.9. The molecular weight excluding hydrogens is 474 g/mol. The molecule has 1 fully saturated rings. The number of hydrogen-bond donors (Lipinski definition) is 3. The van der Waals surface area contributed by atoms with Gasteiger partial charge in [0.2, 0.25) is 5.91 Å². The van der Waals surface area contributed by atoms with Crippen LogP contribution in [-0.4, -0.2) is 35.9 Å². The molecule has 0 bridgehead atoms. The quantitative estimate of drug-likeness (QED) is 0.273. The van der Waals surface area contributed by atoms with E-state index in [0.29, 0.717) is 22.5 Å². The maximum Gasteiger partial charge on any atom is 0.335 e. The molecule has 1 heterocycles. The zero-order chi connectivity index (χ0) is 26.5. The molecule has 0 radical (unpaired) electrons. The second-order valence-electron chi connectivity index (χ2n) is 8.35. The summed E-state index contributed by atoms with van der Waals surface area (Å²) >= 11 is 0. The molecule has 4 rings (SSSR count). The number of nitrogens with one attached hydrogen (secondary N) is 3. The number of para-hydroxylation sites is 1. The molecule has 6 amide bonds. The molecule has 186 valence electrons. The van der Waals surface area contributed by atoms with Gasteiger partial charge < -0.3 is 5.32 Å². The van der Waals surface area contributed by atoms with Crippen LogP contribution in [0.15, 0.2) is 77.9 Å². The van der Waals surface area contributed by atoms with Crippen molar-refractivity contribution < 1.29 is 24.0 Å². The van der Waals surface area contributed by atoms with E-state index in [2.05, 4.69) is 21.2 Å². The van der Waals surface area contributed by atoms with Crippen molar-refractivity contribution in [3.63, 3.8) is 0 Å². The maximum absolute atomic E-state index is 12.9. The third-order valence-corrected chi connectivity index (χ3v) is 5.67. The Kier molecular flexibility index (Phi) is 7.19. The molecule has 3 aromatic rings. The van der Waals surface area contributed by atoms with Gasteiger partial charge in [0.25, 0.3) is 17.7 Å². The van der Waals surface area contributed by atoms with Gasteiger partial charge in [-0.05, 0) is 61.9 Å². The highest BCUT2D eigenvalue weighted by Crippen LogP contribution is 2.23. The number of aryl methyl sites for hydroxylation is 2. The fourth-order valence-electron chi connectivity index (χ4n) is 3.61. The molecule has 3 aromatic carbocycles. The third kappa shape index (κ3) is 5.59. The molecule has 3 N–H and O–H groups in total. The van der Waals surface area contributed by atoms with E-state index in [9.17, 15) is 24.0 Å². The van der Waals surface area contributed by atoms with Gasteiger partial charge in [-0.25, -0.2) is 15.1 Å². The second-order valence-corrected chi connectivity index (χ2v) is 8.35. The minimum Gasteiger partial charge on any atom is -0.322 e. The number of rotatable bonds is 6. The summed E-state index contributed by atoms with van der Waals surface area (Å²) in [7, 11) is 0. The van der Waals surface area contributed by atoms with E-state index in [-0.39, 0.29) is 11.5 Å². The van der Waals surface area contributed by atoms with Gasteiger partial charge in [-0.1, -0.05) is 35.9 Å². The lowest BCUT2D eigenvalue weighted by Gasteiger charge is -2.29. The lowest BCUT2D eigenvalue weighted by Crippen LogP contribution is -2.59. The number of urea groups is 1. The molecule has 1 atom stereocenters. The summed E-state index contributed by atoms with van der Waals surface area (Å²) < 4.78 is 0. The Balaban J connectivity index is 1.38. The first-order chi connectivity index (χ1) is 17.7. The number of benzene rings is 3. The largest absolute Gasteiger partial charge is 0.335 e. The zero-order valence-electron chi connectivity index (χ0n) is 20.0. The zero-order valence-corrected chi connectivity index (χ0v) is 20.0. The third-order valence-electron chi connectivity index (χ3n) is 5.67. The Morgan fingerprint density at radius 1 is 0.865 bits per heavy atom. The van der Waals surface area contributed by atoms with Crippen molar-refractivity contribution in [1.29, 1.82) is 0 Å². The van der Waals surface area contributed by atoms with Gasteiger partial charge in [0.15, 0.2) is 5.92 Å². The fourth-order valence-corrected chi connectivity index (χ4v) is 3.61. The van der Waals surface area contributed by atoms with Gasteiger partial charge in [0, 0.05) is 23.0 Å². The average molecular weight is 498 g/mol. The Morgan fingerprint density at radius 2 is 1.49 bits per heavy atom. The van der Waals surface area contributed by atoms with Crippen molar-refractivity contribution in [2.24, 2.45) is 11.0 Å². The molecule has 0 aliphatic carbocycles. The number of hydrogen-bond acceptors (Lipinski definition) is 6. The number of amides is 6. The summed E-state index contributed by atoms with van der Waals surface area (Å²) in [5, 5.41) is 8.63. The van der Waals surface area contributed by atoms with Crippen LogP contribution in [0.1, 0.15) is 31.8 Å². The lowest BCUT2D eigenvalue weighted by atomic mass is 10.0. The Hall–Kier alpha value is -5.12. The molecule has 10 nitrogen and oxygen atoms in total. The highest BCUT2D eigenvalue weighted by Gasteiger charge is 2.41. The first kappa shape index (κ1) is 25.0. The van der Waals surface area contributed by atoms with Crippen molar-refractivity contribution in [3.8, 4) is 0 Å². The fraction of sp³-hybridized carbons (Fsp3) is 0.111. The minimum absolute atomic E-state index is 0.238. The topological polar surface area (TPSA) is 137 Å². The van der Waals surface area contributed by atoms with Crippen molar-refractivity contribution in [3.05, 3.63) is 95.1 Å². The van der Waals surface area contributed by atoms with E-state index >= 15 is 0 Å². The summed E-state index contributed by atoms with van der Waals surface area (Å²) in [4.78, 5) is 63.1. The second kappa shape index (κ2) is 10.6. The molecule has 37 heavy (non-hydrogen) atoms. The van der Waals surface area contributed by atoms with Crippen LogP contribution in [-0.2, 0) is 9.59 Å². The van der Waals surface area contributed by atoms with E-state index in [4.69, 9.17) is 0 Å². The minimum atomic E-state index is -1.41. The summed E-state index contributed by atoms with van der Waals surface area (Å²) in [5.74, 6) is -3.91. The van der Waals surface area contributed by atoms with E-state index in [1.54, 1.807) is 55.5 Å². The van der Waals surface area contributed by atoms with Crippen molar-refractivity contribution >= 4 is 47.2 Å². The normalized spacial score (nSPS) is 15.5. The highest BCUT2D eigenvalue weighted by atomic mass is 16.2. The van der Waals surface area contributed by atoms with Crippen LogP contribution in [0.25, 0.3) is 0 Å². The van der Waals surface area contributed by atoms with Gasteiger partial charge in [-0.3, -0.25) is 24.5 Å². The van der Waals surface area contributed by atoms with E-state index in [0.717, 1.165) is 16.7 Å². The SMILES string of the molecule is Cc1ccc(C(=O)Nc2ccc(C(=O)N/N=C\[C@@H]3C(=O)NC(=O)N(c4ccccc4C)C3=O)cc2)cc1. The van der Waals surface area contributed by atoms with Crippen molar-refractivity contribution in [1.82, 2.24) is 10.7 Å². The van der Waals surface area contributed by atoms with Gasteiger partial charge in [0.1, 0.15) is 0 Å². The van der Waals surface area contributed by atoms with Crippen LogP contribution in [0.2, 0.25) is 0 Å². The number of carbonyl (C=O) groups excluding carboxylic acids is 5. The average Bonchev–Trinajstić information content (AvgIpc) is 2.87. The first-order valence-electron chi connectivity index (χ1n) is 11.3. The number of nitrogens with zero attached hydrogens (tertiary/aromatic N) is 2. The van der Waals surface area contributed by atoms with Crippen LogP contribution in [0.3, 0.4) is 0 Å². The highest BCUT2D eigenvalue weighted by molar-refractivity contribution is 6.32. The summed E-state index contributed by atoms with van der Waals surface area (Å²) in [6.07, 6.45) is 0.976. The Labute approximate surface area is 212 Å². The van der Waals surface area contributed by atoms with Gasteiger partial charge in [0.05, 0.1) is 5.69 Å². The van der Waals surface area contributed by atoms with Crippen LogP contribution in [0.5, 0.6) is 0 Å². The summed E-state index contributed by atoms with van der Waals surface area (Å²) in [6.45, 7) is 3.66. The molecule has 0 spiro atoms. The monoisotopic (exact) mass is 497 g/mol. The van der Waals surface area contributed by atoms with E-state index in [1.165, 1.54) is 12.1 Å². The van der Waals surface area contributed by atoms with Gasteiger partial charge in [-0.15, -0.1) is 0 Å². The van der Waals surface area contributed by atoms with E-state index < -0.39 is 29.7 Å².